The van der Waals surface area contributed by atoms with Gasteiger partial charge in [-0.05, 0) is 18.2 Å². The number of fused-ring (bicyclic) bond motifs is 1. The van der Waals surface area contributed by atoms with E-state index in [4.69, 9.17) is 21.5 Å². The van der Waals surface area contributed by atoms with Crippen molar-refractivity contribution in [1.29, 1.82) is 0 Å². The number of carboxylic acids is 1. The first kappa shape index (κ1) is 15.2. The normalized spacial score (nSPS) is 10.8. The van der Waals surface area contributed by atoms with Gasteiger partial charge in [-0.15, -0.1) is 0 Å². The Kier molecular flexibility index (Phi) is 4.66. The van der Waals surface area contributed by atoms with Crippen molar-refractivity contribution in [2.75, 3.05) is 0 Å². The Morgan fingerprint density at radius 3 is 2.37 bits per heavy atom. The maximum atomic E-state index is 12.9. The fraction of sp³-hybridized carbons (Fsp3) is 0.0909. The largest absolute Gasteiger partial charge is 0.490 e. The van der Waals surface area contributed by atoms with E-state index < -0.39 is 18.0 Å². The quantitative estimate of drug-likeness (QED) is 0.755. The van der Waals surface area contributed by atoms with Gasteiger partial charge in [0.25, 0.3) is 0 Å². The molecule has 0 aliphatic carbocycles. The summed E-state index contributed by atoms with van der Waals surface area (Å²) < 4.78 is 44.6. The summed E-state index contributed by atoms with van der Waals surface area (Å²) in [4.78, 5) is 12.8. The number of aromatic nitrogens is 1. The highest BCUT2D eigenvalue weighted by Crippen LogP contribution is 2.24. The van der Waals surface area contributed by atoms with Gasteiger partial charge in [-0.1, -0.05) is 11.6 Å². The van der Waals surface area contributed by atoms with Crippen molar-refractivity contribution in [2.45, 2.75) is 6.18 Å². The van der Waals surface area contributed by atoms with E-state index in [-0.39, 0.29) is 5.02 Å². The number of pyridine rings is 1. The molecule has 1 heterocycles. The molecule has 1 N–H and O–H groups in total. The molecule has 2 aromatic rings. The van der Waals surface area contributed by atoms with E-state index in [1.54, 1.807) is 24.5 Å². The van der Waals surface area contributed by atoms with Gasteiger partial charge in [-0.25, -0.2) is 9.18 Å². The van der Waals surface area contributed by atoms with Gasteiger partial charge >= 0.3 is 12.1 Å². The molecule has 0 aliphatic rings. The fourth-order valence-corrected chi connectivity index (χ4v) is 1.34. The van der Waals surface area contributed by atoms with E-state index in [0.29, 0.717) is 5.39 Å². The van der Waals surface area contributed by atoms with Crippen LogP contribution in [0.4, 0.5) is 17.6 Å². The van der Waals surface area contributed by atoms with Crippen LogP contribution >= 0.6 is 11.6 Å². The van der Waals surface area contributed by atoms with Crippen LogP contribution in [0.3, 0.4) is 0 Å². The summed E-state index contributed by atoms with van der Waals surface area (Å²) >= 11 is 5.72. The van der Waals surface area contributed by atoms with E-state index in [1.807, 2.05) is 0 Å². The summed E-state index contributed by atoms with van der Waals surface area (Å²) in [6, 6.07) is 4.69. The number of rotatable bonds is 0. The molecule has 0 saturated carbocycles. The number of carbonyl (C=O) groups is 1. The van der Waals surface area contributed by atoms with Crippen LogP contribution in [0.5, 0.6) is 0 Å². The highest BCUT2D eigenvalue weighted by atomic mass is 35.5. The zero-order valence-electron chi connectivity index (χ0n) is 9.08. The Morgan fingerprint density at radius 2 is 1.84 bits per heavy atom. The molecule has 0 spiro atoms. The van der Waals surface area contributed by atoms with Crippen molar-refractivity contribution in [3.8, 4) is 0 Å². The van der Waals surface area contributed by atoms with Gasteiger partial charge in [0, 0.05) is 23.2 Å². The summed E-state index contributed by atoms with van der Waals surface area (Å²) in [6.07, 6.45) is -1.84. The van der Waals surface area contributed by atoms with E-state index >= 15 is 0 Å². The highest BCUT2D eigenvalue weighted by molar-refractivity contribution is 6.35. The molecule has 1 aromatic heterocycles. The third kappa shape index (κ3) is 4.06. The average Bonchev–Trinajstić information content (AvgIpc) is 2.34. The zero-order chi connectivity index (χ0) is 14.6. The summed E-state index contributed by atoms with van der Waals surface area (Å²) in [7, 11) is 0. The van der Waals surface area contributed by atoms with E-state index in [9.17, 15) is 17.6 Å². The molecular weight excluding hydrogens is 290 g/mol. The van der Waals surface area contributed by atoms with Crippen LogP contribution in [0.25, 0.3) is 10.8 Å². The molecule has 8 heteroatoms. The van der Waals surface area contributed by atoms with Crippen molar-refractivity contribution >= 4 is 28.3 Å². The maximum Gasteiger partial charge on any atom is 0.490 e. The minimum absolute atomic E-state index is 0.162. The third-order valence-electron chi connectivity index (χ3n) is 1.95. The first-order valence-electron chi connectivity index (χ1n) is 4.71. The minimum Gasteiger partial charge on any atom is -0.475 e. The van der Waals surface area contributed by atoms with E-state index in [2.05, 4.69) is 4.98 Å². The second-order valence-electron chi connectivity index (χ2n) is 3.26. The molecule has 0 amide bonds. The van der Waals surface area contributed by atoms with Crippen LogP contribution in [0, 0.1) is 5.82 Å². The SMILES string of the molecule is Fc1ccc2cnccc2c1Cl.O=C(O)C(F)(F)F. The topological polar surface area (TPSA) is 50.2 Å². The molecule has 0 unspecified atom stereocenters. The predicted molar refractivity (Wildman–Crippen MR) is 60.4 cm³/mol. The van der Waals surface area contributed by atoms with Crippen LogP contribution in [0.1, 0.15) is 0 Å². The van der Waals surface area contributed by atoms with Gasteiger partial charge in [0.2, 0.25) is 0 Å². The first-order valence-corrected chi connectivity index (χ1v) is 5.09. The lowest BCUT2D eigenvalue weighted by molar-refractivity contribution is -0.192. The van der Waals surface area contributed by atoms with Crippen molar-refractivity contribution in [2.24, 2.45) is 0 Å². The van der Waals surface area contributed by atoms with Crippen molar-refractivity contribution in [1.82, 2.24) is 4.98 Å². The molecule has 0 radical (unpaired) electrons. The average molecular weight is 296 g/mol. The van der Waals surface area contributed by atoms with Crippen LogP contribution in [-0.2, 0) is 4.79 Å². The number of aliphatic carboxylic acids is 1. The van der Waals surface area contributed by atoms with Crippen molar-refractivity contribution in [3.63, 3.8) is 0 Å². The lowest BCUT2D eigenvalue weighted by atomic mass is 10.2. The monoisotopic (exact) mass is 295 g/mol. The third-order valence-corrected chi connectivity index (χ3v) is 2.33. The van der Waals surface area contributed by atoms with Crippen LogP contribution < -0.4 is 0 Å². The number of alkyl halides is 3. The summed E-state index contributed by atoms with van der Waals surface area (Å²) in [5.41, 5.74) is 0. The standard InChI is InChI=1S/C9H5ClFN.C2HF3O2/c10-9-7-3-4-12-5-6(7)1-2-8(9)11;3-2(4,5)1(6)7/h1-5H;(H,6,7). The first-order chi connectivity index (χ1) is 8.73. The minimum atomic E-state index is -5.08. The molecule has 0 atom stereocenters. The van der Waals surface area contributed by atoms with Crippen LogP contribution in [0.2, 0.25) is 5.02 Å². The van der Waals surface area contributed by atoms with Crippen LogP contribution in [0.15, 0.2) is 30.6 Å². The molecule has 1 aromatic carbocycles. The second kappa shape index (κ2) is 5.83. The zero-order valence-corrected chi connectivity index (χ0v) is 9.84. The number of halogens is 5. The Labute approximate surface area is 109 Å². The second-order valence-corrected chi connectivity index (χ2v) is 3.64. The molecular formula is C11H6ClF4NO2. The molecule has 0 bridgehead atoms. The summed E-state index contributed by atoms with van der Waals surface area (Å²) in [5, 5.41) is 8.84. The van der Waals surface area contributed by atoms with Gasteiger partial charge in [0.1, 0.15) is 5.82 Å². The molecule has 0 aliphatic heterocycles. The Balaban J connectivity index is 0.000000224. The predicted octanol–water partition coefficient (Wildman–Crippen LogP) is 3.66. The van der Waals surface area contributed by atoms with Crippen molar-refractivity contribution in [3.05, 3.63) is 41.4 Å². The Bertz CT molecular complexity index is 601. The van der Waals surface area contributed by atoms with Crippen molar-refractivity contribution < 1.29 is 27.5 Å². The van der Waals surface area contributed by atoms with Gasteiger partial charge in [0.15, 0.2) is 0 Å². The number of hydrogen-bond donors (Lipinski definition) is 1. The van der Waals surface area contributed by atoms with Gasteiger partial charge < -0.3 is 5.11 Å². The smallest absolute Gasteiger partial charge is 0.475 e. The highest BCUT2D eigenvalue weighted by Gasteiger charge is 2.38. The van der Waals surface area contributed by atoms with Crippen LogP contribution in [-0.4, -0.2) is 22.2 Å². The number of nitrogens with zero attached hydrogens (tertiary/aromatic N) is 1. The van der Waals surface area contributed by atoms with Gasteiger partial charge in [-0.3, -0.25) is 4.98 Å². The number of benzene rings is 1. The Hall–Kier alpha value is -1.89. The van der Waals surface area contributed by atoms with E-state index in [1.165, 1.54) is 6.07 Å². The molecule has 0 fully saturated rings. The van der Waals surface area contributed by atoms with Gasteiger partial charge in [-0.2, -0.15) is 13.2 Å². The summed E-state index contributed by atoms with van der Waals surface area (Å²) in [6.45, 7) is 0. The van der Waals surface area contributed by atoms with Gasteiger partial charge in [0.05, 0.1) is 5.02 Å². The number of carboxylic acid groups (broad SMARTS) is 1. The lowest BCUT2D eigenvalue weighted by Crippen LogP contribution is -2.21. The Morgan fingerprint density at radius 1 is 1.26 bits per heavy atom. The maximum absolute atomic E-state index is 12.9. The molecule has 0 saturated heterocycles. The van der Waals surface area contributed by atoms with E-state index in [0.717, 1.165) is 5.39 Å². The lowest BCUT2D eigenvalue weighted by Gasteiger charge is -1.99. The number of hydrogen-bond acceptors (Lipinski definition) is 2. The summed E-state index contributed by atoms with van der Waals surface area (Å²) in [5.74, 6) is -3.15. The molecule has 2 rings (SSSR count). The fourth-order valence-electron chi connectivity index (χ4n) is 1.10. The molecule has 19 heavy (non-hydrogen) atoms. The molecule has 3 nitrogen and oxygen atoms in total. The molecule has 102 valence electrons.